The lowest BCUT2D eigenvalue weighted by Gasteiger charge is -2.18. The van der Waals surface area contributed by atoms with E-state index in [1.54, 1.807) is 0 Å². The number of carbonyl (C=O) groups is 3. The Morgan fingerprint density at radius 1 is 0.311 bits per heavy atom. The molecule has 0 spiro atoms. The molecule has 1 atom stereocenters. The molecule has 61 heavy (non-hydrogen) atoms. The van der Waals surface area contributed by atoms with Crippen molar-refractivity contribution in [3.05, 3.63) is 0 Å². The molecule has 0 bridgehead atoms. The molecule has 0 aromatic heterocycles. The smallest absolute Gasteiger partial charge is 0.306 e. The van der Waals surface area contributed by atoms with Crippen LogP contribution in [0.1, 0.15) is 310 Å². The zero-order valence-electron chi connectivity index (χ0n) is 41.6. The Hall–Kier alpha value is -1.59. The van der Waals surface area contributed by atoms with E-state index in [4.69, 9.17) is 14.2 Å². The van der Waals surface area contributed by atoms with Gasteiger partial charge in [-0.15, -0.1) is 0 Å². The Morgan fingerprint density at radius 2 is 0.541 bits per heavy atom. The summed E-state index contributed by atoms with van der Waals surface area (Å²) in [5.41, 5.74) is 0. The molecule has 0 aromatic carbocycles. The van der Waals surface area contributed by atoms with Crippen molar-refractivity contribution in [1.82, 2.24) is 0 Å². The van der Waals surface area contributed by atoms with E-state index in [2.05, 4.69) is 27.7 Å². The first-order valence-corrected chi connectivity index (χ1v) is 27.4. The predicted octanol–water partition coefficient (Wildman–Crippen LogP) is 17.8. The molecule has 0 N–H and O–H groups in total. The minimum Gasteiger partial charge on any atom is -0.462 e. The quantitative estimate of drug-likeness (QED) is 0.0344. The predicted molar refractivity (Wildman–Crippen MR) is 261 cm³/mol. The number of unbranched alkanes of at least 4 members (excludes halogenated alkanes) is 37. The monoisotopic (exact) mass is 863 g/mol. The second-order valence-electron chi connectivity index (χ2n) is 19.3. The van der Waals surface area contributed by atoms with Gasteiger partial charge in [-0.2, -0.15) is 0 Å². The summed E-state index contributed by atoms with van der Waals surface area (Å²) in [5.74, 6) is 0.00543. The van der Waals surface area contributed by atoms with E-state index in [-0.39, 0.29) is 31.1 Å². The highest BCUT2D eigenvalue weighted by molar-refractivity contribution is 5.71. The highest BCUT2D eigenvalue weighted by Gasteiger charge is 2.19. The molecule has 0 fully saturated rings. The van der Waals surface area contributed by atoms with Crippen LogP contribution in [0, 0.1) is 5.92 Å². The lowest BCUT2D eigenvalue weighted by Crippen LogP contribution is -2.30. The standard InChI is InChI=1S/C55H106O6/c1-5-7-9-11-13-15-17-19-23-27-30-34-38-42-46-53(56)59-49-52(61-55(58)48-44-40-36-32-26-18-16-14-12-10-8-6-2)50-60-54(57)47-43-39-35-31-28-24-21-20-22-25-29-33-37-41-45-51(3)4/h51-52H,5-50H2,1-4H3/t52-/m0/s1. The third-order valence-electron chi connectivity index (χ3n) is 12.5. The van der Waals surface area contributed by atoms with Crippen molar-refractivity contribution in [1.29, 1.82) is 0 Å². The number of hydrogen-bond donors (Lipinski definition) is 0. The maximum Gasteiger partial charge on any atom is 0.306 e. The Labute approximate surface area is 380 Å². The Balaban J connectivity index is 4.28. The fourth-order valence-corrected chi connectivity index (χ4v) is 8.39. The molecule has 0 amide bonds. The van der Waals surface area contributed by atoms with E-state index in [1.807, 2.05) is 0 Å². The number of rotatable bonds is 50. The van der Waals surface area contributed by atoms with Gasteiger partial charge in [0, 0.05) is 19.3 Å². The molecule has 0 radical (unpaired) electrons. The molecule has 0 aliphatic heterocycles. The molecule has 6 nitrogen and oxygen atoms in total. The van der Waals surface area contributed by atoms with Crippen LogP contribution in [0.2, 0.25) is 0 Å². The number of hydrogen-bond acceptors (Lipinski definition) is 6. The molecular weight excluding hydrogens is 757 g/mol. The lowest BCUT2D eigenvalue weighted by molar-refractivity contribution is -0.167. The molecule has 362 valence electrons. The summed E-state index contributed by atoms with van der Waals surface area (Å²) in [5, 5.41) is 0. The van der Waals surface area contributed by atoms with Crippen molar-refractivity contribution in [2.45, 2.75) is 316 Å². The molecular formula is C55H106O6. The fraction of sp³-hybridized carbons (Fsp3) is 0.945. The van der Waals surface area contributed by atoms with Crippen molar-refractivity contribution >= 4 is 17.9 Å². The highest BCUT2D eigenvalue weighted by Crippen LogP contribution is 2.17. The second kappa shape index (κ2) is 49.4. The summed E-state index contributed by atoms with van der Waals surface area (Å²) in [4.78, 5) is 38.0. The first kappa shape index (κ1) is 59.4. The van der Waals surface area contributed by atoms with Crippen LogP contribution in [0.3, 0.4) is 0 Å². The van der Waals surface area contributed by atoms with Gasteiger partial charge in [0.05, 0.1) is 0 Å². The minimum absolute atomic E-state index is 0.0622. The van der Waals surface area contributed by atoms with Crippen LogP contribution in [0.15, 0.2) is 0 Å². The Morgan fingerprint density at radius 3 is 0.803 bits per heavy atom. The van der Waals surface area contributed by atoms with Gasteiger partial charge in [-0.1, -0.05) is 272 Å². The molecule has 6 heteroatoms. The van der Waals surface area contributed by atoms with Gasteiger partial charge in [0.25, 0.3) is 0 Å². The maximum atomic E-state index is 12.8. The van der Waals surface area contributed by atoms with E-state index < -0.39 is 6.10 Å². The third-order valence-corrected chi connectivity index (χ3v) is 12.5. The van der Waals surface area contributed by atoms with Crippen LogP contribution in [0.25, 0.3) is 0 Å². The Bertz CT molecular complexity index is 918. The molecule has 0 unspecified atom stereocenters. The Kier molecular flexibility index (Phi) is 48.1. The van der Waals surface area contributed by atoms with Crippen molar-refractivity contribution in [2.24, 2.45) is 5.92 Å². The van der Waals surface area contributed by atoms with Gasteiger partial charge >= 0.3 is 17.9 Å². The average molecular weight is 863 g/mol. The van der Waals surface area contributed by atoms with E-state index >= 15 is 0 Å². The second-order valence-corrected chi connectivity index (χ2v) is 19.3. The molecule has 0 heterocycles. The molecule has 0 saturated heterocycles. The van der Waals surface area contributed by atoms with Crippen molar-refractivity contribution in [2.75, 3.05) is 13.2 Å². The normalized spacial score (nSPS) is 12.0. The van der Waals surface area contributed by atoms with E-state index in [1.165, 1.54) is 205 Å². The topological polar surface area (TPSA) is 78.9 Å². The molecule has 0 aromatic rings. The summed E-state index contributed by atoms with van der Waals surface area (Å²) >= 11 is 0. The lowest BCUT2D eigenvalue weighted by atomic mass is 10.0. The van der Waals surface area contributed by atoms with Crippen LogP contribution in [0.4, 0.5) is 0 Å². The SMILES string of the molecule is CCCCCCCCCCCCCCCCC(=O)OC[C@@H](COC(=O)CCCCCCCCCCCCCCCCC(C)C)OC(=O)CCCCCCCCCCCCCC. The first-order chi connectivity index (χ1) is 29.9. The van der Waals surface area contributed by atoms with Gasteiger partial charge in [-0.25, -0.2) is 0 Å². The van der Waals surface area contributed by atoms with Crippen molar-refractivity contribution < 1.29 is 28.6 Å². The van der Waals surface area contributed by atoms with E-state index in [9.17, 15) is 14.4 Å². The van der Waals surface area contributed by atoms with E-state index in [0.717, 1.165) is 63.7 Å². The summed E-state index contributed by atoms with van der Waals surface area (Å²) < 4.78 is 16.8. The largest absolute Gasteiger partial charge is 0.462 e. The van der Waals surface area contributed by atoms with Crippen molar-refractivity contribution in [3.8, 4) is 0 Å². The summed E-state index contributed by atoms with van der Waals surface area (Å²) in [7, 11) is 0. The van der Waals surface area contributed by atoms with Gasteiger partial charge in [0.1, 0.15) is 13.2 Å². The van der Waals surface area contributed by atoms with Gasteiger partial charge < -0.3 is 14.2 Å². The number of esters is 3. The van der Waals surface area contributed by atoms with Crippen LogP contribution >= 0.6 is 0 Å². The summed E-state index contributed by atoms with van der Waals surface area (Å²) in [6.45, 7) is 9.05. The van der Waals surface area contributed by atoms with Gasteiger partial charge in [-0.3, -0.25) is 14.4 Å². The number of carbonyl (C=O) groups excluding carboxylic acids is 3. The van der Waals surface area contributed by atoms with Gasteiger partial charge in [-0.05, 0) is 25.2 Å². The van der Waals surface area contributed by atoms with Gasteiger partial charge in [0.15, 0.2) is 6.10 Å². The van der Waals surface area contributed by atoms with Crippen LogP contribution < -0.4 is 0 Å². The number of ether oxygens (including phenoxy) is 3. The average Bonchev–Trinajstić information content (AvgIpc) is 3.24. The molecule has 0 aliphatic rings. The van der Waals surface area contributed by atoms with Gasteiger partial charge in [0.2, 0.25) is 0 Å². The fourth-order valence-electron chi connectivity index (χ4n) is 8.39. The minimum atomic E-state index is -0.760. The third kappa shape index (κ3) is 49.3. The molecule has 0 rings (SSSR count). The zero-order valence-corrected chi connectivity index (χ0v) is 41.6. The molecule has 0 aliphatic carbocycles. The maximum absolute atomic E-state index is 12.8. The van der Waals surface area contributed by atoms with Crippen LogP contribution in [-0.2, 0) is 28.6 Å². The summed E-state index contributed by atoms with van der Waals surface area (Å²) in [6.07, 6.45) is 52.3. The van der Waals surface area contributed by atoms with Crippen LogP contribution in [-0.4, -0.2) is 37.2 Å². The summed E-state index contributed by atoms with van der Waals surface area (Å²) in [6, 6.07) is 0. The highest BCUT2D eigenvalue weighted by atomic mass is 16.6. The van der Waals surface area contributed by atoms with E-state index in [0.29, 0.717) is 19.3 Å². The first-order valence-electron chi connectivity index (χ1n) is 27.4. The zero-order chi connectivity index (χ0) is 44.5. The van der Waals surface area contributed by atoms with Crippen LogP contribution in [0.5, 0.6) is 0 Å². The molecule has 0 saturated carbocycles. The van der Waals surface area contributed by atoms with Crippen molar-refractivity contribution in [3.63, 3.8) is 0 Å².